The molecule has 0 aromatic carbocycles. The summed E-state index contributed by atoms with van der Waals surface area (Å²) in [5.74, 6) is -0.561. The first-order valence-corrected chi connectivity index (χ1v) is 4.24. The number of aliphatic hydroxyl groups is 2. The first-order valence-electron chi connectivity index (χ1n) is 4.24. The number of hydrogen-bond acceptors (Lipinski definition) is 6. The molecule has 0 aromatic rings. The topological polar surface area (TPSA) is 85.2 Å². The molecule has 1 rings (SSSR count). The fourth-order valence-electron chi connectivity index (χ4n) is 1.29. The van der Waals surface area contributed by atoms with Gasteiger partial charge in [-0.25, -0.2) is 0 Å². The van der Waals surface area contributed by atoms with E-state index in [0.717, 1.165) is 0 Å². The average molecular weight is 206 g/mol. The molecule has 1 aliphatic heterocycles. The molecule has 0 amide bonds. The largest absolute Gasteiger partial charge is 0.454 e. The van der Waals surface area contributed by atoms with Crippen LogP contribution in [0.5, 0.6) is 0 Å². The van der Waals surface area contributed by atoms with Crippen LogP contribution >= 0.6 is 0 Å². The molecule has 14 heavy (non-hydrogen) atoms. The smallest absolute Gasteiger partial charge is 0.303 e. The Balaban J connectivity index is 2.66. The summed E-state index contributed by atoms with van der Waals surface area (Å²) in [5, 5.41) is 18.8. The van der Waals surface area contributed by atoms with Crippen LogP contribution in [0.2, 0.25) is 0 Å². The van der Waals surface area contributed by atoms with E-state index in [9.17, 15) is 15.0 Å². The van der Waals surface area contributed by atoms with Crippen molar-refractivity contribution < 1.29 is 29.2 Å². The van der Waals surface area contributed by atoms with Crippen LogP contribution in [0.4, 0.5) is 0 Å². The molecule has 82 valence electrons. The van der Waals surface area contributed by atoms with Gasteiger partial charge in [0.15, 0.2) is 12.4 Å². The maximum atomic E-state index is 10.7. The molecule has 0 aromatic heterocycles. The number of ether oxygens (including phenoxy) is 3. The molecule has 0 unspecified atom stereocenters. The lowest BCUT2D eigenvalue weighted by Gasteiger charge is -2.36. The number of esters is 1. The van der Waals surface area contributed by atoms with Gasteiger partial charge < -0.3 is 24.4 Å². The number of carbonyl (C=O) groups is 1. The maximum absolute atomic E-state index is 10.7. The van der Waals surface area contributed by atoms with E-state index in [0.29, 0.717) is 0 Å². The summed E-state index contributed by atoms with van der Waals surface area (Å²) in [6.07, 6.45) is -4.07. The van der Waals surface area contributed by atoms with Crippen LogP contribution < -0.4 is 0 Å². The van der Waals surface area contributed by atoms with Crippen LogP contribution in [0.15, 0.2) is 0 Å². The molecule has 6 heteroatoms. The van der Waals surface area contributed by atoms with Crippen LogP contribution in [-0.2, 0) is 19.0 Å². The van der Waals surface area contributed by atoms with Gasteiger partial charge in [-0.05, 0) is 0 Å². The lowest BCUT2D eigenvalue weighted by atomic mass is 10.1. The van der Waals surface area contributed by atoms with E-state index in [-0.39, 0.29) is 6.61 Å². The van der Waals surface area contributed by atoms with Gasteiger partial charge in [0.25, 0.3) is 0 Å². The molecule has 1 fully saturated rings. The van der Waals surface area contributed by atoms with Gasteiger partial charge >= 0.3 is 5.97 Å². The summed E-state index contributed by atoms with van der Waals surface area (Å²) in [6, 6.07) is 0. The highest BCUT2D eigenvalue weighted by molar-refractivity contribution is 5.66. The fourth-order valence-corrected chi connectivity index (χ4v) is 1.29. The Hall–Kier alpha value is -0.690. The molecule has 1 heterocycles. The van der Waals surface area contributed by atoms with Crippen LogP contribution in [-0.4, -0.2) is 54.5 Å². The Morgan fingerprint density at radius 3 is 2.64 bits per heavy atom. The summed E-state index contributed by atoms with van der Waals surface area (Å²) < 4.78 is 14.6. The minimum Gasteiger partial charge on any atom is -0.454 e. The Kier molecular flexibility index (Phi) is 3.82. The number of aliphatic hydroxyl groups excluding tert-OH is 2. The van der Waals surface area contributed by atoms with E-state index in [1.165, 1.54) is 14.0 Å². The Bertz CT molecular complexity index is 204. The summed E-state index contributed by atoms with van der Waals surface area (Å²) in [4.78, 5) is 10.7. The average Bonchev–Trinajstić information content (AvgIpc) is 2.13. The Labute approximate surface area is 81.4 Å². The van der Waals surface area contributed by atoms with Crippen LogP contribution in [0, 0.1) is 0 Å². The lowest BCUT2D eigenvalue weighted by molar-refractivity contribution is -0.267. The van der Waals surface area contributed by atoms with Crippen LogP contribution in [0.3, 0.4) is 0 Å². The van der Waals surface area contributed by atoms with Crippen LogP contribution in [0.25, 0.3) is 0 Å². The van der Waals surface area contributed by atoms with Gasteiger partial charge in [-0.15, -0.1) is 0 Å². The maximum Gasteiger partial charge on any atom is 0.303 e. The molecule has 2 N–H and O–H groups in total. The molecule has 0 saturated carbocycles. The molecule has 0 radical (unpaired) electrons. The van der Waals surface area contributed by atoms with Crippen molar-refractivity contribution in [3.8, 4) is 0 Å². The second-order valence-corrected chi connectivity index (χ2v) is 3.07. The van der Waals surface area contributed by atoms with Crippen molar-refractivity contribution in [2.75, 3.05) is 13.7 Å². The molecule has 4 atom stereocenters. The van der Waals surface area contributed by atoms with Crippen molar-refractivity contribution in [3.63, 3.8) is 0 Å². The molecule has 0 bridgehead atoms. The Morgan fingerprint density at radius 2 is 2.14 bits per heavy atom. The first kappa shape index (κ1) is 11.4. The minimum absolute atomic E-state index is 0.0442. The van der Waals surface area contributed by atoms with E-state index in [1.54, 1.807) is 0 Å². The summed E-state index contributed by atoms with van der Waals surface area (Å²) >= 11 is 0. The van der Waals surface area contributed by atoms with Gasteiger partial charge in [-0.2, -0.15) is 0 Å². The quantitative estimate of drug-likeness (QED) is 0.543. The number of hydrogen-bond donors (Lipinski definition) is 2. The van der Waals surface area contributed by atoms with E-state index < -0.39 is 30.6 Å². The third-order valence-corrected chi connectivity index (χ3v) is 1.96. The summed E-state index contributed by atoms with van der Waals surface area (Å²) in [5.41, 5.74) is 0. The van der Waals surface area contributed by atoms with Gasteiger partial charge in [0.2, 0.25) is 0 Å². The van der Waals surface area contributed by atoms with Crippen molar-refractivity contribution in [3.05, 3.63) is 0 Å². The molecule has 6 nitrogen and oxygen atoms in total. The SMILES string of the molecule is CO[C@H]1OC[C@@H](O)[C@@H](O)[C@@H]1OC(C)=O. The van der Waals surface area contributed by atoms with Gasteiger partial charge in [0.05, 0.1) is 6.61 Å². The second kappa shape index (κ2) is 4.70. The highest BCUT2D eigenvalue weighted by atomic mass is 16.7. The first-order chi connectivity index (χ1) is 6.56. The highest BCUT2D eigenvalue weighted by Gasteiger charge is 2.41. The second-order valence-electron chi connectivity index (χ2n) is 3.07. The zero-order valence-corrected chi connectivity index (χ0v) is 8.04. The van der Waals surface area contributed by atoms with E-state index in [2.05, 4.69) is 0 Å². The van der Waals surface area contributed by atoms with Crippen molar-refractivity contribution >= 4 is 5.97 Å². The number of rotatable bonds is 2. The standard InChI is InChI=1S/C8H14O6/c1-4(9)14-7-6(11)5(10)3-13-8(7)12-2/h5-8,10-11H,3H2,1-2H3/t5-,6-,7+,8+/m1/s1. The van der Waals surface area contributed by atoms with E-state index >= 15 is 0 Å². The van der Waals surface area contributed by atoms with Gasteiger partial charge in [-0.1, -0.05) is 0 Å². The zero-order valence-electron chi connectivity index (χ0n) is 8.04. The predicted octanol–water partition coefficient (Wildman–Crippen LogP) is -1.36. The number of methoxy groups -OCH3 is 1. The molecular formula is C8H14O6. The lowest BCUT2D eigenvalue weighted by Crippen LogP contribution is -2.55. The Morgan fingerprint density at radius 1 is 1.50 bits per heavy atom. The van der Waals surface area contributed by atoms with Crippen molar-refractivity contribution in [2.45, 2.75) is 31.5 Å². The van der Waals surface area contributed by atoms with Gasteiger partial charge in [0.1, 0.15) is 12.2 Å². The molecule has 1 aliphatic rings. The van der Waals surface area contributed by atoms with Gasteiger partial charge in [-0.3, -0.25) is 4.79 Å². The normalized spacial score (nSPS) is 38.0. The van der Waals surface area contributed by atoms with E-state index in [4.69, 9.17) is 14.2 Å². The summed E-state index contributed by atoms with van der Waals surface area (Å²) in [7, 11) is 1.37. The van der Waals surface area contributed by atoms with Crippen molar-refractivity contribution in [2.24, 2.45) is 0 Å². The molecule has 1 saturated heterocycles. The third-order valence-electron chi connectivity index (χ3n) is 1.96. The van der Waals surface area contributed by atoms with Crippen LogP contribution in [0.1, 0.15) is 6.92 Å². The van der Waals surface area contributed by atoms with Crippen molar-refractivity contribution in [1.82, 2.24) is 0 Å². The molecular weight excluding hydrogens is 192 g/mol. The van der Waals surface area contributed by atoms with Gasteiger partial charge in [0, 0.05) is 14.0 Å². The third kappa shape index (κ3) is 2.42. The predicted molar refractivity (Wildman–Crippen MR) is 44.3 cm³/mol. The fraction of sp³-hybridized carbons (Fsp3) is 0.875. The number of carbonyl (C=O) groups excluding carboxylic acids is 1. The van der Waals surface area contributed by atoms with Crippen molar-refractivity contribution in [1.29, 1.82) is 0 Å². The zero-order chi connectivity index (χ0) is 10.7. The highest BCUT2D eigenvalue weighted by Crippen LogP contribution is 2.19. The molecule has 0 aliphatic carbocycles. The monoisotopic (exact) mass is 206 g/mol. The minimum atomic E-state index is -1.18. The summed E-state index contributed by atoms with van der Waals surface area (Å²) in [6.45, 7) is 1.16. The molecule has 0 spiro atoms. The van der Waals surface area contributed by atoms with E-state index in [1.807, 2.05) is 0 Å².